The lowest BCUT2D eigenvalue weighted by molar-refractivity contribution is 0.436. The van der Waals surface area contributed by atoms with E-state index < -0.39 is 0 Å². The summed E-state index contributed by atoms with van der Waals surface area (Å²) in [6.07, 6.45) is 6.21. The summed E-state index contributed by atoms with van der Waals surface area (Å²) in [6.45, 7) is 5.56. The van der Waals surface area contributed by atoms with Gasteiger partial charge in [0.05, 0.1) is 0 Å². The third-order valence-corrected chi connectivity index (χ3v) is 5.84. The van der Waals surface area contributed by atoms with Crippen LogP contribution < -0.4 is 5.32 Å². The second-order valence-electron chi connectivity index (χ2n) is 5.59. The fraction of sp³-hybridized carbons (Fsp3) is 0.917. The van der Waals surface area contributed by atoms with Crippen LogP contribution in [-0.4, -0.2) is 35.0 Å². The number of aliphatic imine (C=N–C) groups is 1. The van der Waals surface area contributed by atoms with Crippen LogP contribution in [0.5, 0.6) is 0 Å². The zero-order valence-electron chi connectivity index (χ0n) is 10.5. The minimum Gasteiger partial charge on any atom is -0.362 e. The Bertz CT molecular complexity index is 276. The van der Waals surface area contributed by atoms with Gasteiger partial charge >= 0.3 is 0 Å². The highest BCUT2D eigenvalue weighted by atomic mass is 32.2. The van der Waals surface area contributed by atoms with Gasteiger partial charge in [-0.15, -0.1) is 0 Å². The average Bonchev–Trinajstić information content (AvgIpc) is 2.69. The Labute approximate surface area is 107 Å². The van der Waals surface area contributed by atoms with Crippen LogP contribution in [-0.2, 0) is 0 Å². The molecule has 2 aliphatic rings. The Hall–Kier alpha value is 0.170. The zero-order chi connectivity index (χ0) is 11.6. The van der Waals surface area contributed by atoms with Crippen molar-refractivity contribution < 1.29 is 0 Å². The van der Waals surface area contributed by atoms with Gasteiger partial charge in [-0.25, -0.2) is 0 Å². The summed E-state index contributed by atoms with van der Waals surface area (Å²) >= 11 is 3.91. The molecule has 2 nitrogen and oxygen atoms in total. The van der Waals surface area contributed by atoms with E-state index in [4.69, 9.17) is 0 Å². The van der Waals surface area contributed by atoms with Crippen LogP contribution in [0.15, 0.2) is 4.99 Å². The van der Waals surface area contributed by atoms with E-state index in [9.17, 15) is 0 Å². The summed E-state index contributed by atoms with van der Waals surface area (Å²) in [5.74, 6) is 1.19. The van der Waals surface area contributed by atoms with Gasteiger partial charge < -0.3 is 5.32 Å². The molecule has 0 bridgehead atoms. The highest BCUT2D eigenvalue weighted by Crippen LogP contribution is 2.31. The lowest BCUT2D eigenvalue weighted by Gasteiger charge is -2.28. The molecule has 1 heterocycles. The molecule has 0 radical (unpaired) electrons. The Morgan fingerprint density at radius 1 is 1.44 bits per heavy atom. The van der Waals surface area contributed by atoms with Crippen molar-refractivity contribution in [1.29, 1.82) is 0 Å². The molecule has 0 aromatic rings. The van der Waals surface area contributed by atoms with E-state index in [0.717, 1.165) is 11.8 Å². The van der Waals surface area contributed by atoms with Gasteiger partial charge in [-0.05, 0) is 30.9 Å². The zero-order valence-corrected chi connectivity index (χ0v) is 12.1. The second-order valence-corrected chi connectivity index (χ2v) is 7.69. The predicted molar refractivity (Wildman–Crippen MR) is 76.6 cm³/mol. The van der Waals surface area contributed by atoms with Crippen molar-refractivity contribution in [1.82, 2.24) is 5.32 Å². The average molecular weight is 258 g/mol. The topological polar surface area (TPSA) is 24.4 Å². The molecule has 2 unspecified atom stereocenters. The largest absolute Gasteiger partial charge is 0.362 e. The first-order valence-corrected chi connectivity index (χ1v) is 8.33. The van der Waals surface area contributed by atoms with Crippen LogP contribution in [0.4, 0.5) is 0 Å². The van der Waals surface area contributed by atoms with E-state index in [1.54, 1.807) is 0 Å². The molecule has 92 valence electrons. The van der Waals surface area contributed by atoms with Crippen LogP contribution in [0.25, 0.3) is 0 Å². The maximum atomic E-state index is 4.66. The molecule has 4 heteroatoms. The van der Waals surface area contributed by atoms with Gasteiger partial charge in [0.15, 0.2) is 5.17 Å². The van der Waals surface area contributed by atoms with E-state index >= 15 is 0 Å². The quantitative estimate of drug-likeness (QED) is 0.824. The summed E-state index contributed by atoms with van der Waals surface area (Å²) < 4.78 is 0. The minimum atomic E-state index is 0.382. The van der Waals surface area contributed by atoms with Crippen molar-refractivity contribution >= 4 is 28.7 Å². The molecule has 0 aromatic heterocycles. The Kier molecular flexibility index (Phi) is 4.11. The smallest absolute Gasteiger partial charge is 0.156 e. The molecule has 16 heavy (non-hydrogen) atoms. The molecule has 1 fully saturated rings. The maximum absolute atomic E-state index is 4.66. The Balaban J connectivity index is 1.81. The molecule has 2 atom stereocenters. The first kappa shape index (κ1) is 12.6. The van der Waals surface area contributed by atoms with Crippen LogP contribution in [0.2, 0.25) is 0 Å². The lowest BCUT2D eigenvalue weighted by atomic mass is 9.97. The molecule has 0 spiro atoms. The number of hydrogen-bond donors (Lipinski definition) is 1. The molecule has 1 aliphatic heterocycles. The minimum absolute atomic E-state index is 0.382. The van der Waals surface area contributed by atoms with Gasteiger partial charge in [-0.3, -0.25) is 4.99 Å². The summed E-state index contributed by atoms with van der Waals surface area (Å²) in [6, 6.07) is 0.671. The summed E-state index contributed by atoms with van der Waals surface area (Å²) in [7, 11) is 0. The highest BCUT2D eigenvalue weighted by Gasteiger charge is 2.27. The van der Waals surface area contributed by atoms with Crippen molar-refractivity contribution in [2.45, 2.75) is 44.4 Å². The SMILES string of the molecule is CSC1CCC(NC2=NCC(C)(C)CS2)C1. The molecule has 1 aliphatic carbocycles. The molecule has 1 N–H and O–H groups in total. The van der Waals surface area contributed by atoms with Crippen LogP contribution >= 0.6 is 23.5 Å². The van der Waals surface area contributed by atoms with E-state index in [1.165, 1.54) is 30.2 Å². The Morgan fingerprint density at radius 3 is 2.81 bits per heavy atom. The number of amidine groups is 1. The predicted octanol–water partition coefficient (Wildman–Crippen LogP) is 2.99. The van der Waals surface area contributed by atoms with E-state index in [1.807, 2.05) is 23.5 Å². The van der Waals surface area contributed by atoms with Crippen LogP contribution in [0, 0.1) is 5.41 Å². The first-order valence-electron chi connectivity index (χ1n) is 6.06. The Morgan fingerprint density at radius 2 is 2.25 bits per heavy atom. The van der Waals surface area contributed by atoms with Gasteiger partial charge in [-0.2, -0.15) is 11.8 Å². The number of thioether (sulfide) groups is 2. The van der Waals surface area contributed by atoms with Crippen LogP contribution in [0.3, 0.4) is 0 Å². The summed E-state index contributed by atoms with van der Waals surface area (Å²) in [5.41, 5.74) is 0.382. The van der Waals surface area contributed by atoms with E-state index in [-0.39, 0.29) is 0 Å². The fourth-order valence-electron chi connectivity index (χ4n) is 2.19. The summed E-state index contributed by atoms with van der Waals surface area (Å²) in [5, 5.41) is 5.67. The number of rotatable bonds is 2. The molecule has 0 aromatic carbocycles. The standard InChI is InChI=1S/C12H22N2S2/c1-12(2)7-13-11(16-8-12)14-9-4-5-10(6-9)15-3/h9-10H,4-8H2,1-3H3,(H,13,14). The van der Waals surface area contributed by atoms with Crippen molar-refractivity contribution in [2.75, 3.05) is 18.6 Å². The summed E-state index contributed by atoms with van der Waals surface area (Å²) in [4.78, 5) is 4.66. The lowest BCUT2D eigenvalue weighted by Crippen LogP contribution is -2.36. The molecular weight excluding hydrogens is 236 g/mol. The van der Waals surface area contributed by atoms with Crippen LogP contribution in [0.1, 0.15) is 33.1 Å². The van der Waals surface area contributed by atoms with E-state index in [0.29, 0.717) is 11.5 Å². The monoisotopic (exact) mass is 258 g/mol. The number of nitrogens with one attached hydrogen (secondary N) is 1. The highest BCUT2D eigenvalue weighted by molar-refractivity contribution is 8.13. The number of nitrogens with zero attached hydrogens (tertiary/aromatic N) is 1. The molecule has 0 amide bonds. The van der Waals surface area contributed by atoms with Gasteiger partial charge in [0, 0.05) is 23.6 Å². The maximum Gasteiger partial charge on any atom is 0.156 e. The van der Waals surface area contributed by atoms with Crippen molar-refractivity contribution in [3.05, 3.63) is 0 Å². The second kappa shape index (κ2) is 5.21. The molecule has 1 saturated carbocycles. The third kappa shape index (κ3) is 3.33. The van der Waals surface area contributed by atoms with Gasteiger partial charge in [0.2, 0.25) is 0 Å². The van der Waals surface area contributed by atoms with Gasteiger partial charge in [0.25, 0.3) is 0 Å². The fourth-order valence-corrected chi connectivity index (χ4v) is 4.01. The molecule has 2 rings (SSSR count). The van der Waals surface area contributed by atoms with Crippen molar-refractivity contribution in [2.24, 2.45) is 10.4 Å². The van der Waals surface area contributed by atoms with Gasteiger partial charge in [-0.1, -0.05) is 25.6 Å². The van der Waals surface area contributed by atoms with E-state index in [2.05, 4.69) is 30.4 Å². The van der Waals surface area contributed by atoms with Crippen molar-refractivity contribution in [3.8, 4) is 0 Å². The third-order valence-electron chi connectivity index (χ3n) is 3.30. The van der Waals surface area contributed by atoms with Gasteiger partial charge in [0.1, 0.15) is 0 Å². The normalized spacial score (nSPS) is 33.6. The first-order chi connectivity index (χ1) is 7.59. The molecular formula is C12H22N2S2. The molecule has 0 saturated heterocycles. The van der Waals surface area contributed by atoms with Crippen molar-refractivity contribution in [3.63, 3.8) is 0 Å². The number of hydrogen-bond acceptors (Lipinski definition) is 4.